The van der Waals surface area contributed by atoms with Gasteiger partial charge in [-0.25, -0.2) is 9.59 Å². The number of para-hydroxylation sites is 1. The van der Waals surface area contributed by atoms with Crippen molar-refractivity contribution in [3.63, 3.8) is 0 Å². The van der Waals surface area contributed by atoms with Crippen molar-refractivity contribution in [1.82, 2.24) is 9.55 Å². The van der Waals surface area contributed by atoms with Gasteiger partial charge < -0.3 is 24.6 Å². The Bertz CT molecular complexity index is 1210. The Kier molecular flexibility index (Phi) is 11.1. The van der Waals surface area contributed by atoms with Gasteiger partial charge in [-0.05, 0) is 38.0 Å². The highest BCUT2D eigenvalue weighted by Gasteiger charge is 2.60. The number of rotatable bonds is 13. The van der Waals surface area contributed by atoms with Crippen molar-refractivity contribution >= 4 is 29.5 Å². The van der Waals surface area contributed by atoms with E-state index in [4.69, 9.17) is 9.47 Å². The molecule has 2 heterocycles. The van der Waals surface area contributed by atoms with Crippen molar-refractivity contribution < 1.29 is 42.5 Å². The summed E-state index contributed by atoms with van der Waals surface area (Å²) in [6, 6.07) is 10.2. The van der Waals surface area contributed by atoms with E-state index in [-0.39, 0.29) is 24.8 Å². The lowest BCUT2D eigenvalue weighted by Crippen LogP contribution is -2.42. The van der Waals surface area contributed by atoms with Crippen molar-refractivity contribution in [2.75, 3.05) is 23.8 Å². The second kappa shape index (κ2) is 14.5. The number of carbonyl (C=O) groups is 3. The Morgan fingerprint density at radius 2 is 1.75 bits per heavy atom. The van der Waals surface area contributed by atoms with E-state index in [0.717, 1.165) is 18.0 Å². The maximum atomic E-state index is 14.7. The Hall–Kier alpha value is -3.91. The Morgan fingerprint density at radius 3 is 2.42 bits per heavy atom. The first-order valence-electron chi connectivity index (χ1n) is 12.9. The van der Waals surface area contributed by atoms with Crippen LogP contribution in [0.4, 0.5) is 25.1 Å². The number of aromatic nitrogens is 2. The molecule has 3 atom stereocenters. The predicted molar refractivity (Wildman–Crippen MR) is 138 cm³/mol. The number of amides is 2. The average Bonchev–Trinajstić information content (AvgIpc) is 3.13. The van der Waals surface area contributed by atoms with Crippen molar-refractivity contribution in [1.29, 1.82) is 0 Å². The molecule has 1 aromatic heterocycles. The van der Waals surface area contributed by atoms with Crippen LogP contribution in [0.15, 0.2) is 47.4 Å². The molecule has 1 saturated heterocycles. The first-order valence-corrected chi connectivity index (χ1v) is 12.9. The van der Waals surface area contributed by atoms with Crippen LogP contribution in [0.1, 0.15) is 51.7 Å². The molecule has 14 heteroatoms. The lowest BCUT2D eigenvalue weighted by atomic mass is 10.1. The van der Waals surface area contributed by atoms with Crippen LogP contribution in [0, 0.1) is 0 Å². The minimum absolute atomic E-state index is 0.0250. The number of aliphatic hydroxyl groups is 1. The van der Waals surface area contributed by atoms with Gasteiger partial charge in [0.25, 0.3) is 0 Å². The summed E-state index contributed by atoms with van der Waals surface area (Å²) in [6.07, 6.45) is -3.24. The maximum absolute atomic E-state index is 14.7. The number of halogens is 2. The van der Waals surface area contributed by atoms with Crippen LogP contribution in [0.3, 0.4) is 0 Å². The van der Waals surface area contributed by atoms with E-state index in [0.29, 0.717) is 36.7 Å². The van der Waals surface area contributed by atoms with E-state index in [1.807, 2.05) is 18.2 Å². The van der Waals surface area contributed by atoms with E-state index in [1.54, 1.807) is 19.1 Å². The fourth-order valence-electron chi connectivity index (χ4n) is 3.94. The summed E-state index contributed by atoms with van der Waals surface area (Å²) < 4.78 is 44.8. The number of carbonyl (C=O) groups excluding carboxylic acids is 3. The molecule has 1 fully saturated rings. The normalized spacial score (nSPS) is 19.6. The molecule has 0 saturated carbocycles. The molecular formula is C26H32F2N4O8. The second-order valence-corrected chi connectivity index (χ2v) is 9.01. The molecule has 0 bridgehead atoms. The van der Waals surface area contributed by atoms with Gasteiger partial charge in [0.15, 0.2) is 6.10 Å². The standard InChI is InChI=1S/C26H32F2N4O8/c1-2-38-25(37)31-19-14-15-32(24(36)30-19)23-26(27,28)22(35)18(40-23)16-39-21(34)13-9-4-3-8-12-20(33)29-17-10-6-5-7-11-17/h5-7,10-11,14-15,18,22-23,35H,2-4,8-9,12-13,16H2,1H3,(H,29,33)(H,30,31,36,37)/t18?,22-,23-/m1/s1. The summed E-state index contributed by atoms with van der Waals surface area (Å²) in [5.41, 5.74) is -0.443. The van der Waals surface area contributed by atoms with Crippen LogP contribution in [0.2, 0.25) is 0 Å². The number of esters is 1. The monoisotopic (exact) mass is 566 g/mol. The average molecular weight is 567 g/mol. The number of ether oxygens (including phenoxy) is 3. The van der Waals surface area contributed by atoms with Crippen molar-refractivity contribution in [3.8, 4) is 0 Å². The summed E-state index contributed by atoms with van der Waals surface area (Å²) in [5.74, 6) is -4.87. The first kappa shape index (κ1) is 30.6. The van der Waals surface area contributed by atoms with E-state index in [1.165, 1.54) is 0 Å². The topological polar surface area (TPSA) is 158 Å². The third-order valence-corrected chi connectivity index (χ3v) is 5.97. The van der Waals surface area contributed by atoms with Crippen LogP contribution in [0.25, 0.3) is 0 Å². The number of hydrogen-bond donors (Lipinski definition) is 3. The van der Waals surface area contributed by atoms with E-state index in [2.05, 4.69) is 20.4 Å². The Morgan fingerprint density at radius 1 is 1.05 bits per heavy atom. The number of anilines is 2. The van der Waals surface area contributed by atoms with Gasteiger partial charge in [0, 0.05) is 24.7 Å². The van der Waals surface area contributed by atoms with Gasteiger partial charge in [-0.3, -0.25) is 19.5 Å². The highest BCUT2D eigenvalue weighted by Crippen LogP contribution is 2.42. The molecule has 2 amide bonds. The summed E-state index contributed by atoms with van der Waals surface area (Å²) >= 11 is 0. The van der Waals surface area contributed by atoms with Crippen LogP contribution < -0.4 is 16.3 Å². The summed E-state index contributed by atoms with van der Waals surface area (Å²) in [4.78, 5) is 51.3. The number of benzene rings is 1. The summed E-state index contributed by atoms with van der Waals surface area (Å²) in [5, 5.41) is 15.1. The molecule has 0 spiro atoms. The largest absolute Gasteiger partial charge is 0.463 e. The van der Waals surface area contributed by atoms with Crippen LogP contribution in [-0.4, -0.2) is 64.0 Å². The van der Waals surface area contributed by atoms with Crippen LogP contribution in [-0.2, 0) is 23.8 Å². The van der Waals surface area contributed by atoms with Gasteiger partial charge >= 0.3 is 23.7 Å². The SMILES string of the molecule is CCOC(=O)Nc1ccn([C@@H]2OC(COC(=O)CCCCCCC(=O)Nc3ccccc3)[C@@H](O)C2(F)F)c(=O)n1. The van der Waals surface area contributed by atoms with Gasteiger partial charge in [0.05, 0.1) is 6.61 Å². The maximum Gasteiger partial charge on any atom is 0.412 e. The quantitative estimate of drug-likeness (QED) is 0.244. The molecule has 2 aromatic rings. The predicted octanol–water partition coefficient (Wildman–Crippen LogP) is 3.23. The zero-order chi connectivity index (χ0) is 29.1. The first-order chi connectivity index (χ1) is 19.1. The fourth-order valence-corrected chi connectivity index (χ4v) is 3.94. The van der Waals surface area contributed by atoms with Gasteiger partial charge in [-0.2, -0.15) is 13.8 Å². The number of unbranched alkanes of at least 4 members (excludes halogenated alkanes) is 3. The van der Waals surface area contributed by atoms with Gasteiger partial charge in [-0.15, -0.1) is 0 Å². The van der Waals surface area contributed by atoms with E-state index >= 15 is 0 Å². The molecular weight excluding hydrogens is 534 g/mol. The molecule has 1 aliphatic rings. The summed E-state index contributed by atoms with van der Waals surface area (Å²) in [6.45, 7) is 1.00. The minimum atomic E-state index is -3.90. The second-order valence-electron chi connectivity index (χ2n) is 9.01. The van der Waals surface area contributed by atoms with Crippen molar-refractivity contribution in [3.05, 3.63) is 53.1 Å². The van der Waals surface area contributed by atoms with E-state index < -0.39 is 48.7 Å². The molecule has 0 radical (unpaired) electrons. The van der Waals surface area contributed by atoms with Crippen LogP contribution >= 0.6 is 0 Å². The zero-order valence-corrected chi connectivity index (χ0v) is 21.9. The fraction of sp³-hybridized carbons (Fsp3) is 0.500. The van der Waals surface area contributed by atoms with Gasteiger partial charge in [-0.1, -0.05) is 31.0 Å². The molecule has 1 aromatic carbocycles. The number of aliphatic hydroxyl groups excluding tert-OH is 1. The van der Waals surface area contributed by atoms with Crippen molar-refractivity contribution in [2.45, 2.75) is 69.8 Å². The molecule has 3 N–H and O–H groups in total. The Labute approximate surface area is 228 Å². The van der Waals surface area contributed by atoms with Crippen molar-refractivity contribution in [2.24, 2.45) is 0 Å². The smallest absolute Gasteiger partial charge is 0.412 e. The lowest BCUT2D eigenvalue weighted by molar-refractivity contribution is -0.150. The number of alkyl halides is 2. The third-order valence-electron chi connectivity index (χ3n) is 5.97. The molecule has 3 rings (SSSR count). The number of nitrogens with zero attached hydrogens (tertiary/aromatic N) is 2. The van der Waals surface area contributed by atoms with Crippen LogP contribution in [0.5, 0.6) is 0 Å². The lowest BCUT2D eigenvalue weighted by Gasteiger charge is -2.21. The zero-order valence-electron chi connectivity index (χ0n) is 21.9. The van der Waals surface area contributed by atoms with Gasteiger partial charge in [0.1, 0.15) is 18.5 Å². The minimum Gasteiger partial charge on any atom is -0.463 e. The highest BCUT2D eigenvalue weighted by molar-refractivity contribution is 5.90. The molecule has 1 unspecified atom stereocenters. The number of nitrogens with one attached hydrogen (secondary N) is 2. The summed E-state index contributed by atoms with van der Waals surface area (Å²) in [7, 11) is 0. The highest BCUT2D eigenvalue weighted by atomic mass is 19.3. The molecule has 12 nitrogen and oxygen atoms in total. The molecule has 1 aliphatic heterocycles. The molecule has 40 heavy (non-hydrogen) atoms. The third kappa shape index (κ3) is 8.55. The Balaban J connectivity index is 1.39. The molecule has 218 valence electrons. The molecule has 0 aliphatic carbocycles. The van der Waals surface area contributed by atoms with E-state index in [9.17, 15) is 33.1 Å². The number of hydrogen-bond acceptors (Lipinski definition) is 9. The van der Waals surface area contributed by atoms with Gasteiger partial charge in [0.2, 0.25) is 12.1 Å².